The normalized spacial score (nSPS) is 28.8. The summed E-state index contributed by atoms with van der Waals surface area (Å²) in [6.45, 7) is 5.01. The number of nitrogens with zero attached hydrogens (tertiary/aromatic N) is 4. The Balaban J connectivity index is 1.42. The quantitative estimate of drug-likeness (QED) is 0.818. The van der Waals surface area contributed by atoms with E-state index < -0.39 is 9.84 Å². The highest BCUT2D eigenvalue weighted by atomic mass is 32.2. The molecule has 0 N–H and O–H groups in total. The molecule has 2 saturated heterocycles. The van der Waals surface area contributed by atoms with Gasteiger partial charge >= 0.3 is 0 Å². The van der Waals surface area contributed by atoms with E-state index in [0.717, 1.165) is 44.7 Å². The predicted molar refractivity (Wildman–Crippen MR) is 97.5 cm³/mol. The molecule has 140 valence electrons. The second kappa shape index (κ2) is 6.99. The number of sulfone groups is 1. The topological polar surface area (TPSA) is 68.1 Å². The van der Waals surface area contributed by atoms with Gasteiger partial charge in [0.25, 0.3) is 0 Å². The second-order valence-corrected chi connectivity index (χ2v) is 10.2. The first-order valence-corrected chi connectivity index (χ1v) is 11.8. The lowest BCUT2D eigenvalue weighted by Crippen LogP contribution is -2.42. The van der Waals surface area contributed by atoms with E-state index in [-0.39, 0.29) is 6.04 Å². The van der Waals surface area contributed by atoms with Crippen LogP contribution in [0.15, 0.2) is 0 Å². The molecule has 2 aliphatic heterocycles. The zero-order valence-corrected chi connectivity index (χ0v) is 16.0. The van der Waals surface area contributed by atoms with Crippen molar-refractivity contribution in [1.29, 1.82) is 0 Å². The fraction of sp³-hybridized carbons (Fsp3) is 0.889. The van der Waals surface area contributed by atoms with E-state index in [4.69, 9.17) is 10.1 Å². The molecule has 25 heavy (non-hydrogen) atoms. The minimum atomic E-state index is -2.80. The minimum absolute atomic E-state index is 0.240. The molecule has 6 nitrogen and oxygen atoms in total. The van der Waals surface area contributed by atoms with E-state index in [1.807, 2.05) is 0 Å². The SMILES string of the molecule is CCn1nc(C2CCCC2)nc1C1CCN(C2CCS(=O)(=O)C2)CC1. The van der Waals surface area contributed by atoms with Gasteiger partial charge in [0.2, 0.25) is 0 Å². The summed E-state index contributed by atoms with van der Waals surface area (Å²) in [5, 5.41) is 4.81. The van der Waals surface area contributed by atoms with Gasteiger partial charge in [0.15, 0.2) is 15.7 Å². The van der Waals surface area contributed by atoms with Crippen molar-refractivity contribution < 1.29 is 8.42 Å². The summed E-state index contributed by atoms with van der Waals surface area (Å²) in [7, 11) is -2.80. The molecule has 0 bridgehead atoms. The van der Waals surface area contributed by atoms with Crippen LogP contribution in [0.3, 0.4) is 0 Å². The summed E-state index contributed by atoms with van der Waals surface area (Å²) in [5.74, 6) is 4.00. The average Bonchev–Trinajstić information content (AvgIpc) is 3.33. The zero-order valence-electron chi connectivity index (χ0n) is 15.2. The van der Waals surface area contributed by atoms with Crippen molar-refractivity contribution in [2.24, 2.45) is 0 Å². The van der Waals surface area contributed by atoms with Crippen LogP contribution in [0.1, 0.15) is 75.4 Å². The van der Waals surface area contributed by atoms with Crippen LogP contribution < -0.4 is 0 Å². The molecule has 1 atom stereocenters. The molecule has 1 aromatic heterocycles. The fourth-order valence-electron chi connectivity index (χ4n) is 4.85. The van der Waals surface area contributed by atoms with Crippen molar-refractivity contribution in [3.8, 4) is 0 Å². The third-order valence-electron chi connectivity index (χ3n) is 6.36. The maximum atomic E-state index is 11.7. The van der Waals surface area contributed by atoms with Crippen LogP contribution in [0.25, 0.3) is 0 Å². The van der Waals surface area contributed by atoms with Gasteiger partial charge in [-0.15, -0.1) is 0 Å². The van der Waals surface area contributed by atoms with Gasteiger partial charge in [-0.05, 0) is 52.1 Å². The predicted octanol–water partition coefficient (Wildman–Crippen LogP) is 2.32. The Labute approximate surface area is 150 Å². The van der Waals surface area contributed by atoms with Crippen LogP contribution in [0.4, 0.5) is 0 Å². The minimum Gasteiger partial charge on any atom is -0.299 e. The van der Waals surface area contributed by atoms with Gasteiger partial charge < -0.3 is 0 Å². The Bertz CT molecular complexity index is 701. The number of aromatic nitrogens is 3. The third-order valence-corrected chi connectivity index (χ3v) is 8.11. The maximum Gasteiger partial charge on any atom is 0.154 e. The zero-order chi connectivity index (χ0) is 17.4. The molecule has 7 heteroatoms. The molecule has 0 spiro atoms. The average molecular weight is 367 g/mol. The van der Waals surface area contributed by atoms with Crippen LogP contribution in [0.2, 0.25) is 0 Å². The van der Waals surface area contributed by atoms with Gasteiger partial charge in [-0.2, -0.15) is 5.10 Å². The summed E-state index contributed by atoms with van der Waals surface area (Å²) in [4.78, 5) is 7.36. The number of piperidine rings is 1. The molecular weight excluding hydrogens is 336 g/mol. The van der Waals surface area contributed by atoms with Crippen molar-refractivity contribution in [1.82, 2.24) is 19.7 Å². The van der Waals surface area contributed by atoms with Gasteiger partial charge in [0.1, 0.15) is 5.82 Å². The molecular formula is C18H30N4O2S. The molecule has 0 aromatic carbocycles. The van der Waals surface area contributed by atoms with Crippen LogP contribution in [0, 0.1) is 0 Å². The molecule has 0 radical (unpaired) electrons. The Morgan fingerprint density at radius 2 is 1.76 bits per heavy atom. The van der Waals surface area contributed by atoms with Gasteiger partial charge in [-0.25, -0.2) is 18.1 Å². The number of hydrogen-bond acceptors (Lipinski definition) is 5. The second-order valence-electron chi connectivity index (χ2n) is 7.99. The summed E-state index contributed by atoms with van der Waals surface area (Å²) in [6.07, 6.45) is 8.04. The Hall–Kier alpha value is -0.950. The van der Waals surface area contributed by atoms with Crippen LogP contribution in [-0.2, 0) is 16.4 Å². The van der Waals surface area contributed by atoms with Gasteiger partial charge in [-0.3, -0.25) is 4.90 Å². The van der Waals surface area contributed by atoms with E-state index in [9.17, 15) is 8.42 Å². The highest BCUT2D eigenvalue weighted by molar-refractivity contribution is 7.91. The molecule has 3 fully saturated rings. The third kappa shape index (κ3) is 3.63. The van der Waals surface area contributed by atoms with Crippen molar-refractivity contribution in [3.63, 3.8) is 0 Å². The highest BCUT2D eigenvalue weighted by Crippen LogP contribution is 2.35. The molecule has 0 amide bonds. The number of rotatable bonds is 4. The van der Waals surface area contributed by atoms with Crippen LogP contribution in [-0.4, -0.2) is 58.7 Å². The lowest BCUT2D eigenvalue weighted by atomic mass is 9.94. The molecule has 4 rings (SSSR count). The lowest BCUT2D eigenvalue weighted by molar-refractivity contribution is 0.161. The largest absolute Gasteiger partial charge is 0.299 e. The Morgan fingerprint density at radius 1 is 1.04 bits per heavy atom. The van der Waals surface area contributed by atoms with E-state index in [1.54, 1.807) is 0 Å². The molecule has 1 aliphatic carbocycles. The molecule has 1 saturated carbocycles. The molecule has 1 unspecified atom stereocenters. The van der Waals surface area contributed by atoms with Crippen molar-refractivity contribution >= 4 is 9.84 Å². The monoisotopic (exact) mass is 366 g/mol. The van der Waals surface area contributed by atoms with E-state index in [0.29, 0.717) is 23.3 Å². The van der Waals surface area contributed by atoms with Gasteiger partial charge in [0, 0.05) is 24.4 Å². The molecule has 3 aliphatic rings. The first-order chi connectivity index (χ1) is 12.1. The van der Waals surface area contributed by atoms with E-state index in [1.165, 1.54) is 31.5 Å². The smallest absolute Gasteiger partial charge is 0.154 e. The maximum absolute atomic E-state index is 11.7. The molecule has 1 aromatic rings. The van der Waals surface area contributed by atoms with Gasteiger partial charge in [0.05, 0.1) is 11.5 Å². The first-order valence-electron chi connectivity index (χ1n) is 9.95. The fourth-order valence-corrected chi connectivity index (χ4v) is 6.61. The van der Waals surface area contributed by atoms with E-state index >= 15 is 0 Å². The summed E-state index contributed by atoms with van der Waals surface area (Å²) >= 11 is 0. The number of aryl methyl sites for hydroxylation is 1. The Kier molecular flexibility index (Phi) is 4.88. The molecule has 3 heterocycles. The summed E-state index contributed by atoms with van der Waals surface area (Å²) in [5.41, 5.74) is 0. The lowest BCUT2D eigenvalue weighted by Gasteiger charge is -2.35. The summed E-state index contributed by atoms with van der Waals surface area (Å²) < 4.78 is 25.6. The van der Waals surface area contributed by atoms with E-state index in [2.05, 4.69) is 16.5 Å². The standard InChI is InChI=1S/C18H30N4O2S/c1-2-22-18(19-17(20-22)14-5-3-4-6-14)15-7-10-21(11-8-15)16-9-12-25(23,24)13-16/h14-16H,2-13H2,1H3. The van der Waals surface area contributed by atoms with Crippen molar-refractivity contribution in [2.75, 3.05) is 24.6 Å². The number of hydrogen-bond donors (Lipinski definition) is 0. The summed E-state index contributed by atoms with van der Waals surface area (Å²) in [6, 6.07) is 0.240. The Morgan fingerprint density at radius 3 is 2.36 bits per heavy atom. The van der Waals surface area contributed by atoms with Gasteiger partial charge in [-0.1, -0.05) is 12.8 Å². The highest BCUT2D eigenvalue weighted by Gasteiger charge is 2.35. The van der Waals surface area contributed by atoms with Crippen molar-refractivity contribution in [2.45, 2.75) is 76.3 Å². The van der Waals surface area contributed by atoms with Crippen molar-refractivity contribution in [3.05, 3.63) is 11.6 Å². The first kappa shape index (κ1) is 17.5. The van der Waals surface area contributed by atoms with Crippen LogP contribution in [0.5, 0.6) is 0 Å². The number of likely N-dealkylation sites (tertiary alicyclic amines) is 1. The van der Waals surface area contributed by atoms with Crippen LogP contribution >= 0.6 is 0 Å².